The minimum absolute atomic E-state index is 0.0184. The Morgan fingerprint density at radius 3 is 2.84 bits per heavy atom. The van der Waals surface area contributed by atoms with Gasteiger partial charge in [-0.2, -0.15) is 0 Å². The topological polar surface area (TPSA) is 45.3 Å². The van der Waals surface area contributed by atoms with Crippen LogP contribution in [-0.2, 0) is 11.2 Å². The first kappa shape index (κ1) is 15.8. The monoisotopic (exact) mass is 338 g/mol. The van der Waals surface area contributed by atoms with Crippen molar-refractivity contribution in [3.63, 3.8) is 0 Å². The fourth-order valence-corrected chi connectivity index (χ4v) is 3.33. The first-order chi connectivity index (χ1) is 12.2. The van der Waals surface area contributed by atoms with E-state index in [2.05, 4.69) is 4.98 Å². The summed E-state index contributed by atoms with van der Waals surface area (Å²) in [5.74, 6) is -0.227. The number of nitrogens with one attached hydrogen (secondary N) is 1. The van der Waals surface area contributed by atoms with Crippen molar-refractivity contribution in [1.82, 2.24) is 9.88 Å². The molecule has 1 saturated heterocycles. The van der Waals surface area contributed by atoms with Gasteiger partial charge in [0.15, 0.2) is 0 Å². The number of aromatic amines is 1. The van der Waals surface area contributed by atoms with E-state index in [1.807, 2.05) is 29.2 Å². The Morgan fingerprint density at radius 1 is 1.20 bits per heavy atom. The maximum atomic E-state index is 13.0. The van der Waals surface area contributed by atoms with Crippen LogP contribution in [0.3, 0.4) is 0 Å². The molecule has 2 heterocycles. The molecule has 1 unspecified atom stereocenters. The third-order valence-electron chi connectivity index (χ3n) is 4.62. The Kier molecular flexibility index (Phi) is 4.24. The lowest BCUT2D eigenvalue weighted by Crippen LogP contribution is -2.46. The van der Waals surface area contributed by atoms with Crippen molar-refractivity contribution >= 4 is 16.8 Å². The zero-order chi connectivity index (χ0) is 17.2. The van der Waals surface area contributed by atoms with E-state index >= 15 is 0 Å². The van der Waals surface area contributed by atoms with E-state index in [0.29, 0.717) is 31.7 Å². The lowest BCUT2D eigenvalue weighted by molar-refractivity contribution is -0.0207. The van der Waals surface area contributed by atoms with Gasteiger partial charge in [0.1, 0.15) is 5.82 Å². The molecular weight excluding hydrogens is 319 g/mol. The smallest absolute Gasteiger partial charge is 0.256 e. The lowest BCUT2D eigenvalue weighted by atomic mass is 10.1. The van der Waals surface area contributed by atoms with Gasteiger partial charge < -0.3 is 14.6 Å². The maximum absolute atomic E-state index is 13.0. The molecule has 0 spiro atoms. The number of amides is 1. The molecule has 0 radical (unpaired) electrons. The summed E-state index contributed by atoms with van der Waals surface area (Å²) >= 11 is 0. The van der Waals surface area contributed by atoms with Gasteiger partial charge in [0.25, 0.3) is 5.91 Å². The molecule has 2 aromatic carbocycles. The molecule has 0 saturated carbocycles. The highest BCUT2D eigenvalue weighted by atomic mass is 19.1. The van der Waals surface area contributed by atoms with Gasteiger partial charge >= 0.3 is 0 Å². The highest BCUT2D eigenvalue weighted by Gasteiger charge is 2.26. The summed E-state index contributed by atoms with van der Waals surface area (Å²) in [6, 6.07) is 14.2. The molecular formula is C20H19FN2O2. The second-order valence-corrected chi connectivity index (χ2v) is 6.32. The van der Waals surface area contributed by atoms with E-state index in [9.17, 15) is 9.18 Å². The van der Waals surface area contributed by atoms with Gasteiger partial charge in [-0.05, 0) is 23.8 Å². The van der Waals surface area contributed by atoms with Gasteiger partial charge in [-0.1, -0.05) is 30.3 Å². The Labute approximate surface area is 145 Å². The van der Waals surface area contributed by atoms with Gasteiger partial charge in [0, 0.05) is 36.6 Å². The first-order valence-electron chi connectivity index (χ1n) is 8.42. The van der Waals surface area contributed by atoms with Crippen LogP contribution in [0.25, 0.3) is 10.9 Å². The normalized spacial score (nSPS) is 17.8. The number of rotatable bonds is 3. The molecule has 4 nitrogen and oxygen atoms in total. The van der Waals surface area contributed by atoms with Crippen molar-refractivity contribution < 1.29 is 13.9 Å². The summed E-state index contributed by atoms with van der Waals surface area (Å²) in [5.41, 5.74) is 2.66. The third kappa shape index (κ3) is 3.28. The van der Waals surface area contributed by atoms with Crippen LogP contribution in [-0.4, -0.2) is 41.6 Å². The number of hydrogen-bond donors (Lipinski definition) is 1. The molecule has 4 rings (SSSR count). The number of carbonyl (C=O) groups is 1. The number of carbonyl (C=O) groups excluding carboxylic acids is 1. The quantitative estimate of drug-likeness (QED) is 0.796. The minimum atomic E-state index is -0.246. The Bertz CT molecular complexity index is 888. The van der Waals surface area contributed by atoms with Crippen LogP contribution in [0.4, 0.5) is 4.39 Å². The van der Waals surface area contributed by atoms with E-state index in [1.54, 1.807) is 18.3 Å². The summed E-state index contributed by atoms with van der Waals surface area (Å²) in [6.07, 6.45) is 2.36. The van der Waals surface area contributed by atoms with Crippen molar-refractivity contribution in [3.05, 3.63) is 71.7 Å². The Morgan fingerprint density at radius 2 is 2.00 bits per heavy atom. The predicted molar refractivity (Wildman–Crippen MR) is 94.0 cm³/mol. The molecule has 1 fully saturated rings. The van der Waals surface area contributed by atoms with Crippen molar-refractivity contribution in [3.8, 4) is 0 Å². The Hall–Kier alpha value is -2.66. The molecule has 25 heavy (non-hydrogen) atoms. The zero-order valence-electron chi connectivity index (χ0n) is 13.7. The molecule has 1 aliphatic rings. The number of aromatic nitrogens is 1. The van der Waals surface area contributed by atoms with E-state index in [4.69, 9.17) is 4.74 Å². The summed E-state index contributed by atoms with van der Waals surface area (Å²) in [6.45, 7) is 1.63. The molecule has 1 atom stereocenters. The van der Waals surface area contributed by atoms with Crippen molar-refractivity contribution in [1.29, 1.82) is 0 Å². The van der Waals surface area contributed by atoms with Crippen molar-refractivity contribution in [2.24, 2.45) is 0 Å². The van der Waals surface area contributed by atoms with Gasteiger partial charge in [-0.3, -0.25) is 4.79 Å². The molecule has 5 heteroatoms. The molecule has 3 aromatic rings. The average Bonchev–Trinajstić information content (AvgIpc) is 3.07. The number of ether oxygens (including phenoxy) is 1. The molecule has 1 aliphatic heterocycles. The van der Waals surface area contributed by atoms with Gasteiger partial charge in [-0.25, -0.2) is 4.39 Å². The average molecular weight is 338 g/mol. The Balaban J connectivity index is 1.49. The highest BCUT2D eigenvalue weighted by molar-refractivity contribution is 6.06. The second kappa shape index (κ2) is 6.69. The molecule has 128 valence electrons. The largest absolute Gasteiger partial charge is 0.374 e. The molecule has 1 N–H and O–H groups in total. The minimum Gasteiger partial charge on any atom is -0.374 e. The van der Waals surface area contributed by atoms with Crippen LogP contribution >= 0.6 is 0 Å². The second-order valence-electron chi connectivity index (χ2n) is 6.32. The van der Waals surface area contributed by atoms with Crippen LogP contribution in [0.1, 0.15) is 15.9 Å². The summed E-state index contributed by atoms with van der Waals surface area (Å²) in [5, 5.41) is 0.939. The number of H-pyrrole nitrogens is 1. The highest BCUT2D eigenvalue weighted by Crippen LogP contribution is 2.21. The van der Waals surface area contributed by atoms with Crippen LogP contribution in [0.2, 0.25) is 0 Å². The van der Waals surface area contributed by atoms with Gasteiger partial charge in [-0.15, -0.1) is 0 Å². The zero-order valence-corrected chi connectivity index (χ0v) is 13.7. The van der Waals surface area contributed by atoms with Gasteiger partial charge in [0.05, 0.1) is 18.3 Å². The summed E-state index contributed by atoms with van der Waals surface area (Å²) in [7, 11) is 0. The molecule has 0 aliphatic carbocycles. The summed E-state index contributed by atoms with van der Waals surface area (Å²) in [4.78, 5) is 17.9. The summed E-state index contributed by atoms with van der Waals surface area (Å²) < 4.78 is 18.8. The molecule has 1 aromatic heterocycles. The number of hydrogen-bond acceptors (Lipinski definition) is 2. The number of halogens is 1. The number of nitrogens with zero attached hydrogens (tertiary/aromatic N) is 1. The number of morpholine rings is 1. The van der Waals surface area contributed by atoms with E-state index in [1.165, 1.54) is 12.1 Å². The van der Waals surface area contributed by atoms with E-state index in [0.717, 1.165) is 16.5 Å². The van der Waals surface area contributed by atoms with Crippen molar-refractivity contribution in [2.75, 3.05) is 19.7 Å². The standard InChI is InChI=1S/C20H19FN2O2/c21-15-7-5-14(6-8-15)11-16-13-23(9-10-25-16)20(24)18-12-22-19-4-2-1-3-17(18)19/h1-8,12,16,22H,9-11,13H2. The predicted octanol–water partition coefficient (Wildman–Crippen LogP) is 3.39. The number of fused-ring (bicyclic) bond motifs is 1. The lowest BCUT2D eigenvalue weighted by Gasteiger charge is -2.33. The van der Waals surface area contributed by atoms with Crippen LogP contribution in [0.5, 0.6) is 0 Å². The molecule has 0 bridgehead atoms. The van der Waals surface area contributed by atoms with Crippen LogP contribution < -0.4 is 0 Å². The van der Waals surface area contributed by atoms with Crippen molar-refractivity contribution in [2.45, 2.75) is 12.5 Å². The molecule has 1 amide bonds. The number of para-hydroxylation sites is 1. The number of benzene rings is 2. The van der Waals surface area contributed by atoms with Gasteiger partial charge in [0.2, 0.25) is 0 Å². The third-order valence-corrected chi connectivity index (χ3v) is 4.62. The SMILES string of the molecule is O=C(c1c[nH]c2ccccc12)N1CCOC(Cc2ccc(F)cc2)C1. The fourth-order valence-electron chi connectivity index (χ4n) is 3.33. The van der Waals surface area contributed by atoms with E-state index in [-0.39, 0.29) is 17.8 Å². The fraction of sp³-hybridized carbons (Fsp3) is 0.250. The van der Waals surface area contributed by atoms with E-state index < -0.39 is 0 Å². The maximum Gasteiger partial charge on any atom is 0.256 e. The van der Waals surface area contributed by atoms with Crippen LogP contribution in [0.15, 0.2) is 54.7 Å². The first-order valence-corrected chi connectivity index (χ1v) is 8.42. The van der Waals surface area contributed by atoms with Crippen LogP contribution in [0, 0.1) is 5.82 Å².